The van der Waals surface area contributed by atoms with E-state index in [1.54, 1.807) is 18.2 Å². The van der Waals surface area contributed by atoms with Gasteiger partial charge in [0.25, 0.3) is 0 Å². The molecule has 1 aliphatic rings. The maximum absolute atomic E-state index is 13.1. The van der Waals surface area contributed by atoms with Gasteiger partial charge in [-0.3, -0.25) is 0 Å². The number of aryl methyl sites for hydroxylation is 1. The van der Waals surface area contributed by atoms with Crippen molar-refractivity contribution in [1.29, 1.82) is 0 Å². The second-order valence-corrected chi connectivity index (χ2v) is 8.29. The molecule has 6 nitrogen and oxygen atoms in total. The zero-order valence-corrected chi connectivity index (χ0v) is 15.2. The van der Waals surface area contributed by atoms with Crippen molar-refractivity contribution in [3.63, 3.8) is 0 Å². The van der Waals surface area contributed by atoms with Gasteiger partial charge in [-0.1, -0.05) is 36.4 Å². The molecule has 0 aliphatic carbocycles. The summed E-state index contributed by atoms with van der Waals surface area (Å²) in [7, 11) is -3.58. The first-order chi connectivity index (χ1) is 12.5. The normalized spacial score (nSPS) is 18.3. The molecule has 1 aliphatic heterocycles. The highest BCUT2D eigenvalue weighted by Crippen LogP contribution is 2.28. The summed E-state index contributed by atoms with van der Waals surface area (Å²) in [5.41, 5.74) is 0.809. The first-order valence-corrected chi connectivity index (χ1v) is 9.93. The molecule has 1 fully saturated rings. The van der Waals surface area contributed by atoms with Gasteiger partial charge < -0.3 is 4.74 Å². The average molecular weight is 369 g/mol. The van der Waals surface area contributed by atoms with Crippen LogP contribution in [0.1, 0.15) is 12.1 Å². The Labute approximate surface area is 152 Å². The molecular weight excluding hydrogens is 350 g/mol. The second-order valence-electron chi connectivity index (χ2n) is 6.38. The van der Waals surface area contributed by atoms with Crippen LogP contribution in [0.5, 0.6) is 5.88 Å². The predicted octanol–water partition coefficient (Wildman–Crippen LogP) is 2.78. The lowest BCUT2D eigenvalue weighted by atomic mass is 10.1. The Hall–Kier alpha value is -2.51. The summed E-state index contributed by atoms with van der Waals surface area (Å²) in [5.74, 6) is 0.421. The molecule has 1 atom stereocenters. The molecule has 0 amide bonds. The molecule has 1 saturated heterocycles. The van der Waals surface area contributed by atoms with E-state index in [0.29, 0.717) is 30.3 Å². The number of benzene rings is 2. The molecule has 1 unspecified atom stereocenters. The van der Waals surface area contributed by atoms with Crippen LogP contribution in [0.2, 0.25) is 0 Å². The van der Waals surface area contributed by atoms with Crippen molar-refractivity contribution in [2.75, 3.05) is 13.1 Å². The maximum Gasteiger partial charge on any atom is 0.243 e. The summed E-state index contributed by atoms with van der Waals surface area (Å²) < 4.78 is 33.6. The fourth-order valence-corrected chi connectivity index (χ4v) is 4.89. The van der Waals surface area contributed by atoms with Gasteiger partial charge in [-0.15, -0.1) is 5.10 Å². The van der Waals surface area contributed by atoms with E-state index in [0.717, 1.165) is 16.5 Å². The number of ether oxygens (including phenoxy) is 1. The lowest BCUT2D eigenvalue weighted by Crippen LogP contribution is -2.31. The lowest BCUT2D eigenvalue weighted by Gasteiger charge is -2.18. The van der Waals surface area contributed by atoms with Crippen molar-refractivity contribution in [2.45, 2.75) is 24.3 Å². The SMILES string of the molecule is Cc1ccc(OC2CCN(S(=O)(=O)c3cccc4ccccc34)C2)nn1. The number of rotatable bonds is 4. The minimum atomic E-state index is -3.58. The molecule has 0 saturated carbocycles. The molecular formula is C19H19N3O3S. The summed E-state index contributed by atoms with van der Waals surface area (Å²) in [6, 6.07) is 16.5. The first-order valence-electron chi connectivity index (χ1n) is 8.49. The summed E-state index contributed by atoms with van der Waals surface area (Å²) in [4.78, 5) is 0.339. The van der Waals surface area contributed by atoms with Gasteiger partial charge in [-0.05, 0) is 30.9 Å². The van der Waals surface area contributed by atoms with Crippen LogP contribution in [0.15, 0.2) is 59.5 Å². The number of hydrogen-bond donors (Lipinski definition) is 0. The van der Waals surface area contributed by atoms with E-state index in [9.17, 15) is 8.42 Å². The molecule has 134 valence electrons. The molecule has 26 heavy (non-hydrogen) atoms. The molecule has 0 N–H and O–H groups in total. The standard InChI is InChI=1S/C19H19N3O3S/c1-14-9-10-19(21-20-14)25-16-11-12-22(13-16)26(23,24)18-8-4-6-15-5-2-3-7-17(15)18/h2-10,16H,11-13H2,1H3. The highest BCUT2D eigenvalue weighted by Gasteiger charge is 2.34. The number of nitrogens with zero attached hydrogens (tertiary/aromatic N) is 3. The summed E-state index contributed by atoms with van der Waals surface area (Å²) in [6.45, 7) is 2.58. The van der Waals surface area contributed by atoms with Crippen LogP contribution in [0.25, 0.3) is 10.8 Å². The molecule has 2 heterocycles. The fourth-order valence-electron chi connectivity index (χ4n) is 3.19. The smallest absolute Gasteiger partial charge is 0.243 e. The average Bonchev–Trinajstić information content (AvgIpc) is 3.12. The topological polar surface area (TPSA) is 72.4 Å². The Bertz CT molecular complexity index is 1030. The van der Waals surface area contributed by atoms with Crippen LogP contribution in [0.4, 0.5) is 0 Å². The minimum Gasteiger partial charge on any atom is -0.472 e. The van der Waals surface area contributed by atoms with E-state index >= 15 is 0 Å². The van der Waals surface area contributed by atoms with Gasteiger partial charge in [-0.25, -0.2) is 8.42 Å². The van der Waals surface area contributed by atoms with Gasteiger partial charge in [0.05, 0.1) is 17.1 Å². The first kappa shape index (κ1) is 16.9. The molecule has 4 rings (SSSR count). The lowest BCUT2D eigenvalue weighted by molar-refractivity contribution is 0.204. The number of aromatic nitrogens is 2. The van der Waals surface area contributed by atoms with Gasteiger partial charge in [0, 0.05) is 18.0 Å². The highest BCUT2D eigenvalue weighted by atomic mass is 32.2. The van der Waals surface area contributed by atoms with Crippen molar-refractivity contribution in [3.05, 3.63) is 60.3 Å². The van der Waals surface area contributed by atoms with Crippen molar-refractivity contribution >= 4 is 20.8 Å². The van der Waals surface area contributed by atoms with Gasteiger partial charge in [0.1, 0.15) is 6.10 Å². The van der Waals surface area contributed by atoms with Gasteiger partial charge in [-0.2, -0.15) is 9.40 Å². The Kier molecular flexibility index (Phi) is 4.34. The predicted molar refractivity (Wildman–Crippen MR) is 98.5 cm³/mol. The zero-order valence-electron chi connectivity index (χ0n) is 14.4. The Morgan fingerprint density at radius 2 is 1.85 bits per heavy atom. The maximum atomic E-state index is 13.1. The van der Waals surface area contributed by atoms with Crippen LogP contribution in [-0.2, 0) is 10.0 Å². The molecule has 0 radical (unpaired) electrons. The summed E-state index contributed by atoms with van der Waals surface area (Å²) in [5, 5.41) is 9.60. The Morgan fingerprint density at radius 1 is 1.04 bits per heavy atom. The van der Waals surface area contributed by atoms with E-state index in [1.807, 2.05) is 43.3 Å². The van der Waals surface area contributed by atoms with Gasteiger partial charge in [0.15, 0.2) is 0 Å². The van der Waals surface area contributed by atoms with Crippen LogP contribution in [0, 0.1) is 6.92 Å². The summed E-state index contributed by atoms with van der Waals surface area (Å²) in [6.07, 6.45) is 0.399. The van der Waals surface area contributed by atoms with E-state index in [4.69, 9.17) is 4.74 Å². The fraction of sp³-hybridized carbons (Fsp3) is 0.263. The van der Waals surface area contributed by atoms with Crippen LogP contribution >= 0.6 is 0 Å². The van der Waals surface area contributed by atoms with E-state index in [-0.39, 0.29) is 6.10 Å². The van der Waals surface area contributed by atoms with Crippen LogP contribution < -0.4 is 4.74 Å². The quantitative estimate of drug-likeness (QED) is 0.707. The van der Waals surface area contributed by atoms with Crippen molar-refractivity contribution in [3.8, 4) is 5.88 Å². The Morgan fingerprint density at radius 3 is 2.65 bits per heavy atom. The van der Waals surface area contributed by atoms with Crippen molar-refractivity contribution < 1.29 is 13.2 Å². The van der Waals surface area contributed by atoms with Crippen LogP contribution in [-0.4, -0.2) is 42.1 Å². The highest BCUT2D eigenvalue weighted by molar-refractivity contribution is 7.89. The minimum absolute atomic E-state index is 0.225. The monoisotopic (exact) mass is 369 g/mol. The molecule has 0 spiro atoms. The largest absolute Gasteiger partial charge is 0.472 e. The number of sulfonamides is 1. The molecule has 3 aromatic rings. The second kappa shape index (κ2) is 6.66. The van der Waals surface area contributed by atoms with E-state index in [1.165, 1.54) is 4.31 Å². The van der Waals surface area contributed by atoms with Gasteiger partial charge in [0.2, 0.25) is 15.9 Å². The summed E-state index contributed by atoms with van der Waals surface area (Å²) >= 11 is 0. The molecule has 0 bridgehead atoms. The van der Waals surface area contributed by atoms with E-state index < -0.39 is 10.0 Å². The molecule has 1 aromatic heterocycles. The third-order valence-corrected chi connectivity index (χ3v) is 6.46. The zero-order chi connectivity index (χ0) is 18.1. The number of fused-ring (bicyclic) bond motifs is 1. The van der Waals surface area contributed by atoms with Crippen LogP contribution in [0.3, 0.4) is 0 Å². The third-order valence-electron chi connectivity index (χ3n) is 4.54. The third kappa shape index (κ3) is 3.15. The van der Waals surface area contributed by atoms with Crippen molar-refractivity contribution in [1.82, 2.24) is 14.5 Å². The molecule has 2 aromatic carbocycles. The van der Waals surface area contributed by atoms with E-state index in [2.05, 4.69) is 10.2 Å². The van der Waals surface area contributed by atoms with Gasteiger partial charge >= 0.3 is 0 Å². The number of hydrogen-bond acceptors (Lipinski definition) is 5. The molecule has 7 heteroatoms. The Balaban J connectivity index is 1.56. The van der Waals surface area contributed by atoms with Crippen molar-refractivity contribution in [2.24, 2.45) is 0 Å².